The van der Waals surface area contributed by atoms with E-state index in [4.69, 9.17) is 9.47 Å². The molecule has 2 aliphatic rings. The van der Waals surface area contributed by atoms with E-state index < -0.39 is 0 Å². The minimum Gasteiger partial charge on any atom is -0.493 e. The highest BCUT2D eigenvalue weighted by Crippen LogP contribution is 2.45. The van der Waals surface area contributed by atoms with Crippen LogP contribution < -0.4 is 9.47 Å². The van der Waals surface area contributed by atoms with E-state index >= 15 is 0 Å². The van der Waals surface area contributed by atoms with Crippen molar-refractivity contribution in [1.82, 2.24) is 0 Å². The Kier molecular flexibility index (Phi) is 3.89. The molecule has 22 heavy (non-hydrogen) atoms. The smallest absolute Gasteiger partial charge is 0.161 e. The molecule has 1 aromatic rings. The minimum absolute atomic E-state index is 0.225. The van der Waals surface area contributed by atoms with Crippen molar-refractivity contribution >= 4 is 5.78 Å². The summed E-state index contributed by atoms with van der Waals surface area (Å²) in [5, 5.41) is 0. The number of nitrogens with zero attached hydrogens (tertiary/aromatic N) is 1. The Morgan fingerprint density at radius 3 is 2.55 bits per heavy atom. The van der Waals surface area contributed by atoms with Crippen LogP contribution in [0.3, 0.4) is 0 Å². The molecule has 3 rings (SSSR count). The highest BCUT2D eigenvalue weighted by molar-refractivity contribution is 5.82. The number of benzene rings is 1. The summed E-state index contributed by atoms with van der Waals surface area (Å²) in [4.78, 5) is 12.4. The second-order valence-electron chi connectivity index (χ2n) is 6.83. The van der Waals surface area contributed by atoms with Crippen LogP contribution >= 0.6 is 0 Å². The van der Waals surface area contributed by atoms with E-state index in [1.807, 2.05) is 0 Å². The number of ether oxygens (including phenoxy) is 2. The Morgan fingerprint density at radius 2 is 1.91 bits per heavy atom. The van der Waals surface area contributed by atoms with E-state index in [-0.39, 0.29) is 12.0 Å². The molecule has 0 aliphatic carbocycles. The van der Waals surface area contributed by atoms with E-state index in [0.29, 0.717) is 12.2 Å². The highest BCUT2D eigenvalue weighted by Gasteiger charge is 2.47. The summed E-state index contributed by atoms with van der Waals surface area (Å²) in [6.07, 6.45) is 2.64. The van der Waals surface area contributed by atoms with E-state index in [0.717, 1.165) is 41.9 Å². The minimum atomic E-state index is 0.225. The largest absolute Gasteiger partial charge is 0.493 e. The molecule has 0 radical (unpaired) electrons. The van der Waals surface area contributed by atoms with Crippen LogP contribution in [-0.4, -0.2) is 44.6 Å². The molecule has 0 bridgehead atoms. The molecule has 2 aliphatic heterocycles. The first-order valence-electron chi connectivity index (χ1n) is 8.14. The van der Waals surface area contributed by atoms with Crippen molar-refractivity contribution in [2.24, 2.45) is 5.92 Å². The van der Waals surface area contributed by atoms with Crippen LogP contribution in [0.1, 0.15) is 36.9 Å². The first kappa shape index (κ1) is 15.3. The average molecular weight is 304 g/mol. The zero-order chi connectivity index (χ0) is 15.9. The average Bonchev–Trinajstić information content (AvgIpc) is 2.53. The number of Topliss-reactive ketones (excluding diaryl/α,β-unsaturated/α-hetero) is 1. The highest BCUT2D eigenvalue weighted by atomic mass is 16.5. The predicted molar refractivity (Wildman–Crippen MR) is 85.3 cm³/mol. The second-order valence-corrected chi connectivity index (χ2v) is 6.83. The van der Waals surface area contributed by atoms with Crippen molar-refractivity contribution in [1.29, 1.82) is 0 Å². The first-order chi connectivity index (χ1) is 10.5. The number of hydrogen-bond acceptors (Lipinski definition) is 3. The van der Waals surface area contributed by atoms with Crippen LogP contribution in [0.4, 0.5) is 0 Å². The summed E-state index contributed by atoms with van der Waals surface area (Å²) in [7, 11) is 5.64. The molecule has 1 aromatic carbocycles. The van der Waals surface area contributed by atoms with Crippen LogP contribution in [0.25, 0.3) is 0 Å². The Labute approximate surface area is 132 Å². The number of carbonyl (C=O) groups excluding carboxylic acids is 1. The molecule has 3 atom stereocenters. The monoisotopic (exact) mass is 304 g/mol. The van der Waals surface area contributed by atoms with Gasteiger partial charge in [0.2, 0.25) is 0 Å². The molecule has 0 saturated carbocycles. The van der Waals surface area contributed by atoms with Crippen LogP contribution in [0.5, 0.6) is 11.5 Å². The fraction of sp³-hybridized carbons (Fsp3) is 0.611. The van der Waals surface area contributed by atoms with Gasteiger partial charge in [-0.25, -0.2) is 0 Å². The quantitative estimate of drug-likeness (QED) is 0.806. The number of likely N-dealkylation sites (N-methyl/N-ethyl adjacent to an activating group) is 1. The van der Waals surface area contributed by atoms with Gasteiger partial charge in [-0.05, 0) is 24.1 Å². The van der Waals surface area contributed by atoms with Gasteiger partial charge in [-0.3, -0.25) is 4.79 Å². The molecule has 0 spiro atoms. The SMILES string of the molecule is CC[C@H]1C[N+]2(C)CCc3cc(OC)c(OC)cc3[C@@H]2CC1=O. The Balaban J connectivity index is 2.04. The fourth-order valence-corrected chi connectivity index (χ4v) is 4.20. The maximum Gasteiger partial charge on any atom is 0.161 e. The van der Waals surface area contributed by atoms with Gasteiger partial charge in [-0.2, -0.15) is 0 Å². The number of quaternary nitrogens is 1. The molecular formula is C18H26NO3+. The molecule has 0 amide bonds. The normalized spacial score (nSPS) is 30.5. The summed E-state index contributed by atoms with van der Waals surface area (Å²) < 4.78 is 11.9. The molecule has 1 fully saturated rings. The lowest BCUT2D eigenvalue weighted by Gasteiger charge is -2.50. The van der Waals surface area contributed by atoms with Crippen molar-refractivity contribution in [3.05, 3.63) is 23.3 Å². The second kappa shape index (κ2) is 5.58. The third-order valence-corrected chi connectivity index (χ3v) is 5.63. The van der Waals surface area contributed by atoms with Crippen LogP contribution in [0.2, 0.25) is 0 Å². The molecule has 0 N–H and O–H groups in total. The van der Waals surface area contributed by atoms with Gasteiger partial charge >= 0.3 is 0 Å². The van der Waals surface area contributed by atoms with Gasteiger partial charge in [-0.1, -0.05) is 6.92 Å². The van der Waals surface area contributed by atoms with Crippen molar-refractivity contribution in [2.45, 2.75) is 32.2 Å². The number of carbonyl (C=O) groups is 1. The summed E-state index contributed by atoms with van der Waals surface area (Å²) in [5.74, 6) is 2.19. The summed E-state index contributed by atoms with van der Waals surface area (Å²) in [6.45, 7) is 4.19. The van der Waals surface area contributed by atoms with Crippen LogP contribution in [0.15, 0.2) is 12.1 Å². The summed E-state index contributed by atoms with van der Waals surface area (Å²) in [6, 6.07) is 4.45. The molecule has 4 nitrogen and oxygen atoms in total. The van der Waals surface area contributed by atoms with Crippen LogP contribution in [0, 0.1) is 5.92 Å². The van der Waals surface area contributed by atoms with E-state index in [2.05, 4.69) is 26.1 Å². The van der Waals surface area contributed by atoms with Gasteiger partial charge in [0.25, 0.3) is 0 Å². The van der Waals surface area contributed by atoms with Crippen molar-refractivity contribution in [3.8, 4) is 11.5 Å². The maximum atomic E-state index is 12.4. The first-order valence-corrected chi connectivity index (χ1v) is 8.14. The molecule has 0 aromatic heterocycles. The third kappa shape index (κ3) is 2.30. The number of methoxy groups -OCH3 is 2. The molecule has 1 unspecified atom stereocenters. The fourth-order valence-electron chi connectivity index (χ4n) is 4.20. The number of ketones is 1. The number of rotatable bonds is 3. The van der Waals surface area contributed by atoms with E-state index in [9.17, 15) is 4.79 Å². The van der Waals surface area contributed by atoms with Crippen molar-refractivity contribution < 1.29 is 18.8 Å². The van der Waals surface area contributed by atoms with Gasteiger partial charge in [0.1, 0.15) is 11.8 Å². The van der Waals surface area contributed by atoms with Crippen molar-refractivity contribution in [3.63, 3.8) is 0 Å². The zero-order valence-electron chi connectivity index (χ0n) is 14.0. The number of hydrogen-bond donors (Lipinski definition) is 0. The molecule has 120 valence electrons. The van der Waals surface area contributed by atoms with E-state index in [1.54, 1.807) is 14.2 Å². The molecule has 1 saturated heterocycles. The Hall–Kier alpha value is -1.55. The number of fused-ring (bicyclic) bond motifs is 3. The van der Waals surface area contributed by atoms with Gasteiger partial charge in [0.15, 0.2) is 11.5 Å². The standard InChI is InChI=1S/C18H26NO3/c1-5-12-11-19(2)7-6-13-8-17(21-3)18(22-4)9-14(13)15(19)10-16(12)20/h8-9,12,15H,5-7,10-11H2,1-4H3/q+1/t12-,15-,19?/m0/s1. The lowest BCUT2D eigenvalue weighted by molar-refractivity contribution is -0.945. The van der Waals surface area contributed by atoms with Crippen molar-refractivity contribution in [2.75, 3.05) is 34.4 Å². The Morgan fingerprint density at radius 1 is 1.23 bits per heavy atom. The molecular weight excluding hydrogens is 278 g/mol. The maximum absolute atomic E-state index is 12.4. The number of piperidine rings is 1. The molecule has 4 heteroatoms. The van der Waals surface area contributed by atoms with Gasteiger partial charge < -0.3 is 14.0 Å². The van der Waals surface area contributed by atoms with E-state index in [1.165, 1.54) is 11.1 Å². The van der Waals surface area contributed by atoms with Gasteiger partial charge in [-0.15, -0.1) is 0 Å². The van der Waals surface area contributed by atoms with Crippen LogP contribution in [-0.2, 0) is 11.2 Å². The lowest BCUT2D eigenvalue weighted by Crippen LogP contribution is -2.58. The third-order valence-electron chi connectivity index (χ3n) is 5.63. The van der Waals surface area contributed by atoms with Gasteiger partial charge in [0.05, 0.1) is 46.7 Å². The topological polar surface area (TPSA) is 35.5 Å². The Bertz CT molecular complexity index is 598. The van der Waals surface area contributed by atoms with Gasteiger partial charge in [0, 0.05) is 12.0 Å². The lowest BCUT2D eigenvalue weighted by atomic mass is 9.79. The zero-order valence-corrected chi connectivity index (χ0v) is 14.0. The predicted octanol–water partition coefficient (Wildman–Crippen LogP) is 2.75. The molecule has 2 heterocycles. The summed E-state index contributed by atoms with van der Waals surface area (Å²) >= 11 is 0. The summed E-state index contributed by atoms with van der Waals surface area (Å²) in [5.41, 5.74) is 2.58.